The van der Waals surface area contributed by atoms with E-state index in [1.54, 1.807) is 0 Å². The number of nitrogens with zero attached hydrogens (tertiary/aromatic N) is 1. The molecule has 1 atom stereocenters. The Bertz CT molecular complexity index is 1030. The summed E-state index contributed by atoms with van der Waals surface area (Å²) in [5, 5.41) is 2.64. The lowest BCUT2D eigenvalue weighted by molar-refractivity contribution is -0.120. The average molecular weight is 445 g/mol. The largest absolute Gasteiger partial charge is 0.495 e. The number of sulfonamides is 1. The normalized spacial score (nSPS) is 17.7. The first-order valence-electron chi connectivity index (χ1n) is 8.82. The monoisotopic (exact) mass is 444 g/mol. The number of halogens is 3. The zero-order valence-corrected chi connectivity index (χ0v) is 17.1. The highest BCUT2D eigenvalue weighted by atomic mass is 35.5. The van der Waals surface area contributed by atoms with Crippen molar-refractivity contribution in [2.75, 3.05) is 25.5 Å². The van der Waals surface area contributed by atoms with Gasteiger partial charge in [0.25, 0.3) is 0 Å². The highest BCUT2D eigenvalue weighted by Crippen LogP contribution is 2.32. The van der Waals surface area contributed by atoms with E-state index in [1.807, 2.05) is 0 Å². The summed E-state index contributed by atoms with van der Waals surface area (Å²) in [5.41, 5.74) is -0.159. The summed E-state index contributed by atoms with van der Waals surface area (Å²) in [6.07, 6.45) is 0.888. The van der Waals surface area contributed by atoms with E-state index in [0.29, 0.717) is 18.9 Å². The fourth-order valence-electron chi connectivity index (χ4n) is 3.19. The summed E-state index contributed by atoms with van der Waals surface area (Å²) in [6.45, 7) is 0.152. The number of ether oxygens (including phenoxy) is 1. The Balaban J connectivity index is 1.79. The molecule has 0 bridgehead atoms. The van der Waals surface area contributed by atoms with Crippen LogP contribution in [0.15, 0.2) is 41.3 Å². The van der Waals surface area contributed by atoms with Gasteiger partial charge < -0.3 is 10.1 Å². The molecule has 3 rings (SSSR count). The summed E-state index contributed by atoms with van der Waals surface area (Å²) in [7, 11) is -2.61. The van der Waals surface area contributed by atoms with E-state index in [-0.39, 0.29) is 34.4 Å². The van der Waals surface area contributed by atoms with E-state index in [4.69, 9.17) is 16.3 Å². The highest BCUT2D eigenvalue weighted by Gasteiger charge is 2.35. The third-order valence-electron chi connectivity index (χ3n) is 4.69. The Labute approximate surface area is 172 Å². The first-order valence-corrected chi connectivity index (χ1v) is 10.6. The van der Waals surface area contributed by atoms with Crippen molar-refractivity contribution in [2.24, 2.45) is 5.92 Å². The maximum atomic E-state index is 13.8. The third-order valence-corrected chi connectivity index (χ3v) is 6.81. The van der Waals surface area contributed by atoms with E-state index in [9.17, 15) is 22.0 Å². The molecule has 1 aliphatic heterocycles. The summed E-state index contributed by atoms with van der Waals surface area (Å²) in [5.74, 6) is -2.73. The maximum Gasteiger partial charge on any atom is 0.246 e. The fourth-order valence-corrected chi connectivity index (χ4v) is 5.13. The number of rotatable bonds is 5. The van der Waals surface area contributed by atoms with E-state index in [1.165, 1.54) is 29.6 Å². The lowest BCUT2D eigenvalue weighted by atomic mass is 9.98. The summed E-state index contributed by atoms with van der Waals surface area (Å²) >= 11 is 5.95. The Kier molecular flexibility index (Phi) is 6.40. The van der Waals surface area contributed by atoms with E-state index >= 15 is 0 Å². The molecule has 0 unspecified atom stereocenters. The molecular formula is C19H19ClF2N2O4S. The molecule has 0 spiro atoms. The standard InChI is InChI=1S/C19H19ClF2N2O4S/c1-28-17-7-4-13(20)9-18(17)29(26,27)24-8-2-3-12(11-24)19(25)23-16-6-5-14(21)10-15(16)22/h4-7,9-10,12H,2-3,8,11H2,1H3,(H,23,25)/t12-/m0/s1. The molecule has 2 aromatic rings. The smallest absolute Gasteiger partial charge is 0.246 e. The highest BCUT2D eigenvalue weighted by molar-refractivity contribution is 7.89. The van der Waals surface area contributed by atoms with Gasteiger partial charge in [0.1, 0.15) is 22.3 Å². The lowest BCUT2D eigenvalue weighted by Crippen LogP contribution is -2.43. The van der Waals surface area contributed by atoms with Crippen molar-refractivity contribution in [1.82, 2.24) is 4.31 Å². The van der Waals surface area contributed by atoms with Gasteiger partial charge in [-0.2, -0.15) is 4.31 Å². The van der Waals surface area contributed by atoms with Gasteiger partial charge in [-0.3, -0.25) is 4.79 Å². The number of carbonyl (C=O) groups is 1. The number of benzene rings is 2. The van der Waals surface area contributed by atoms with Crippen LogP contribution in [0, 0.1) is 17.6 Å². The molecule has 1 fully saturated rings. The molecule has 0 aromatic heterocycles. The number of nitrogens with one attached hydrogen (secondary N) is 1. The molecule has 1 N–H and O–H groups in total. The van der Waals surface area contributed by atoms with Gasteiger partial charge in [0, 0.05) is 24.2 Å². The third kappa shape index (κ3) is 4.68. The minimum absolute atomic E-state index is 0.0767. The van der Waals surface area contributed by atoms with Gasteiger partial charge in [0.15, 0.2) is 0 Å². The van der Waals surface area contributed by atoms with Gasteiger partial charge in [-0.1, -0.05) is 11.6 Å². The van der Waals surface area contributed by atoms with Crippen LogP contribution in [0.25, 0.3) is 0 Å². The number of hydrogen-bond donors (Lipinski definition) is 1. The van der Waals surface area contributed by atoms with Crippen LogP contribution in [0.2, 0.25) is 5.02 Å². The number of amides is 1. The molecule has 1 aliphatic rings. The Hall–Kier alpha value is -2.23. The van der Waals surface area contributed by atoms with Gasteiger partial charge in [0.2, 0.25) is 15.9 Å². The Morgan fingerprint density at radius 2 is 2.00 bits per heavy atom. The van der Waals surface area contributed by atoms with Crippen molar-refractivity contribution in [3.63, 3.8) is 0 Å². The molecule has 29 heavy (non-hydrogen) atoms. The predicted molar refractivity (Wildman–Crippen MR) is 104 cm³/mol. The van der Waals surface area contributed by atoms with Gasteiger partial charge in [-0.15, -0.1) is 0 Å². The number of anilines is 1. The van der Waals surface area contributed by atoms with Crippen LogP contribution < -0.4 is 10.1 Å². The molecular weight excluding hydrogens is 426 g/mol. The molecule has 1 amide bonds. The first kappa shape index (κ1) is 21.5. The number of hydrogen-bond acceptors (Lipinski definition) is 4. The SMILES string of the molecule is COc1ccc(Cl)cc1S(=O)(=O)N1CCC[C@H](C(=O)Nc2ccc(F)cc2F)C1. The van der Waals surface area contributed by atoms with Crippen molar-refractivity contribution >= 4 is 33.2 Å². The zero-order chi connectivity index (χ0) is 21.2. The molecule has 0 aliphatic carbocycles. The van der Waals surface area contributed by atoms with Gasteiger partial charge in [0.05, 0.1) is 18.7 Å². The molecule has 10 heteroatoms. The average Bonchev–Trinajstić information content (AvgIpc) is 2.70. The summed E-state index contributed by atoms with van der Waals surface area (Å²) in [6, 6.07) is 7.09. The molecule has 1 saturated heterocycles. The second kappa shape index (κ2) is 8.64. The van der Waals surface area contributed by atoms with Gasteiger partial charge in [-0.25, -0.2) is 17.2 Å². The van der Waals surface area contributed by atoms with E-state index < -0.39 is 33.5 Å². The molecule has 0 saturated carbocycles. The van der Waals surface area contributed by atoms with Crippen molar-refractivity contribution < 1.29 is 26.7 Å². The molecule has 1 heterocycles. The predicted octanol–water partition coefficient (Wildman–Crippen LogP) is 3.67. The van der Waals surface area contributed by atoms with Crippen molar-refractivity contribution in [3.8, 4) is 5.75 Å². The van der Waals surface area contributed by atoms with Crippen molar-refractivity contribution in [1.29, 1.82) is 0 Å². The first-order chi connectivity index (χ1) is 13.7. The molecule has 2 aromatic carbocycles. The maximum absolute atomic E-state index is 13.8. The Morgan fingerprint density at radius 3 is 2.69 bits per heavy atom. The van der Waals surface area contributed by atoms with Crippen LogP contribution in [0.5, 0.6) is 5.75 Å². The zero-order valence-electron chi connectivity index (χ0n) is 15.5. The lowest BCUT2D eigenvalue weighted by Gasteiger charge is -2.31. The number of methoxy groups -OCH3 is 1. The second-order valence-electron chi connectivity index (χ2n) is 6.61. The molecule has 156 valence electrons. The van der Waals surface area contributed by atoms with E-state index in [2.05, 4.69) is 5.32 Å². The quantitative estimate of drug-likeness (QED) is 0.763. The van der Waals surface area contributed by atoms with Crippen molar-refractivity contribution in [2.45, 2.75) is 17.7 Å². The summed E-state index contributed by atoms with van der Waals surface area (Å²) in [4.78, 5) is 12.5. The van der Waals surface area contributed by atoms with Crippen LogP contribution in [0.3, 0.4) is 0 Å². The molecule has 0 radical (unpaired) electrons. The summed E-state index contributed by atoms with van der Waals surface area (Å²) < 4.78 is 59.3. The number of carbonyl (C=O) groups excluding carboxylic acids is 1. The van der Waals surface area contributed by atoms with E-state index in [0.717, 1.165) is 12.1 Å². The minimum atomic E-state index is -3.96. The van der Waals surface area contributed by atoms with Crippen LogP contribution in [-0.4, -0.2) is 38.8 Å². The fraction of sp³-hybridized carbons (Fsp3) is 0.316. The van der Waals surface area contributed by atoms with Crippen molar-refractivity contribution in [3.05, 3.63) is 53.1 Å². The van der Waals surface area contributed by atoms with Gasteiger partial charge in [-0.05, 0) is 43.2 Å². The minimum Gasteiger partial charge on any atom is -0.495 e. The topological polar surface area (TPSA) is 75.7 Å². The van der Waals surface area contributed by atoms with Gasteiger partial charge >= 0.3 is 0 Å². The Morgan fingerprint density at radius 1 is 1.24 bits per heavy atom. The van der Waals surface area contributed by atoms with Crippen LogP contribution >= 0.6 is 11.6 Å². The van der Waals surface area contributed by atoms with Crippen LogP contribution in [0.1, 0.15) is 12.8 Å². The van der Waals surface area contributed by atoms with Crippen LogP contribution in [-0.2, 0) is 14.8 Å². The molecule has 6 nitrogen and oxygen atoms in total. The second-order valence-corrected chi connectivity index (χ2v) is 8.95. The van der Waals surface area contributed by atoms with Crippen LogP contribution in [0.4, 0.5) is 14.5 Å². The number of piperidine rings is 1.